The van der Waals surface area contributed by atoms with Gasteiger partial charge < -0.3 is 0 Å². The summed E-state index contributed by atoms with van der Waals surface area (Å²) in [4.78, 5) is 17.2. The standard InChI is InChI=1S/C15H14N2OS/c1-2-3-10-19-15-16-13-7-5-4-6-12(13)14(18)17(15)11-8-9-11/h4-7,11H,8-10H2,1H3. The summed E-state index contributed by atoms with van der Waals surface area (Å²) >= 11 is 1.55. The molecule has 1 aromatic heterocycles. The molecule has 0 unspecified atom stereocenters. The van der Waals surface area contributed by atoms with Crippen LogP contribution in [0.25, 0.3) is 10.9 Å². The molecule has 0 saturated heterocycles. The summed E-state index contributed by atoms with van der Waals surface area (Å²) in [7, 11) is 0. The number of hydrogen-bond acceptors (Lipinski definition) is 3. The molecule has 1 saturated carbocycles. The molecule has 1 aliphatic rings. The average Bonchev–Trinajstić information content (AvgIpc) is 3.24. The van der Waals surface area contributed by atoms with E-state index in [2.05, 4.69) is 16.8 Å². The molecule has 0 N–H and O–H groups in total. The van der Waals surface area contributed by atoms with Crippen LogP contribution in [0, 0.1) is 11.8 Å². The predicted molar refractivity (Wildman–Crippen MR) is 78.4 cm³/mol. The van der Waals surface area contributed by atoms with Crippen LogP contribution in [0.5, 0.6) is 0 Å². The minimum Gasteiger partial charge on any atom is -0.284 e. The number of aromatic nitrogens is 2. The Morgan fingerprint density at radius 3 is 2.95 bits per heavy atom. The van der Waals surface area contributed by atoms with Gasteiger partial charge in [-0.25, -0.2) is 4.98 Å². The third kappa shape index (κ3) is 2.39. The minimum absolute atomic E-state index is 0.0834. The lowest BCUT2D eigenvalue weighted by atomic mass is 10.2. The van der Waals surface area contributed by atoms with Gasteiger partial charge in [-0.2, -0.15) is 0 Å². The highest BCUT2D eigenvalue weighted by Gasteiger charge is 2.28. The number of rotatable bonds is 3. The van der Waals surface area contributed by atoms with Crippen LogP contribution in [0.1, 0.15) is 25.8 Å². The van der Waals surface area contributed by atoms with E-state index in [-0.39, 0.29) is 5.56 Å². The molecule has 1 fully saturated rings. The highest BCUT2D eigenvalue weighted by Crippen LogP contribution is 2.36. The van der Waals surface area contributed by atoms with Gasteiger partial charge in [-0.05, 0) is 31.9 Å². The van der Waals surface area contributed by atoms with Crippen LogP contribution in [0.3, 0.4) is 0 Å². The van der Waals surface area contributed by atoms with Crippen molar-refractivity contribution in [2.45, 2.75) is 31.0 Å². The first-order valence-corrected chi connectivity index (χ1v) is 7.33. The van der Waals surface area contributed by atoms with E-state index in [1.165, 1.54) is 0 Å². The molecule has 0 amide bonds. The highest BCUT2D eigenvalue weighted by molar-refractivity contribution is 7.99. The quantitative estimate of drug-likeness (QED) is 0.489. The Kier molecular flexibility index (Phi) is 3.31. The van der Waals surface area contributed by atoms with Crippen LogP contribution in [0.4, 0.5) is 0 Å². The fourth-order valence-corrected chi connectivity index (χ4v) is 2.93. The van der Waals surface area contributed by atoms with Crippen molar-refractivity contribution in [3.05, 3.63) is 34.6 Å². The SMILES string of the molecule is CC#CCSc1nc2ccccc2c(=O)n1C1CC1. The molecule has 3 nitrogen and oxygen atoms in total. The number of fused-ring (bicyclic) bond motifs is 1. The van der Waals surface area contributed by atoms with Crippen molar-refractivity contribution in [3.8, 4) is 11.8 Å². The first-order chi connectivity index (χ1) is 9.31. The summed E-state index contributed by atoms with van der Waals surface area (Å²) in [5, 5.41) is 1.51. The molecule has 0 bridgehead atoms. The van der Waals surface area contributed by atoms with E-state index in [0.717, 1.165) is 23.5 Å². The van der Waals surface area contributed by atoms with Gasteiger partial charge in [-0.3, -0.25) is 9.36 Å². The molecular weight excluding hydrogens is 256 g/mol. The average molecular weight is 270 g/mol. The first kappa shape index (κ1) is 12.3. The smallest absolute Gasteiger partial charge is 0.262 e. The highest BCUT2D eigenvalue weighted by atomic mass is 32.2. The fourth-order valence-electron chi connectivity index (χ4n) is 2.05. The molecule has 2 aromatic rings. The Morgan fingerprint density at radius 1 is 1.42 bits per heavy atom. The van der Waals surface area contributed by atoms with Crippen molar-refractivity contribution in [2.24, 2.45) is 0 Å². The van der Waals surface area contributed by atoms with E-state index in [1.54, 1.807) is 11.8 Å². The maximum atomic E-state index is 12.5. The molecule has 3 rings (SSSR count). The molecule has 1 aromatic carbocycles. The second-order valence-electron chi connectivity index (χ2n) is 4.53. The van der Waals surface area contributed by atoms with Crippen LogP contribution in [0.15, 0.2) is 34.2 Å². The van der Waals surface area contributed by atoms with E-state index in [4.69, 9.17) is 0 Å². The number of benzene rings is 1. The van der Waals surface area contributed by atoms with Gasteiger partial charge in [0.25, 0.3) is 5.56 Å². The van der Waals surface area contributed by atoms with Crippen molar-refractivity contribution < 1.29 is 0 Å². The van der Waals surface area contributed by atoms with Crippen molar-refractivity contribution in [1.82, 2.24) is 9.55 Å². The predicted octanol–water partition coefficient (Wildman–Crippen LogP) is 2.85. The third-order valence-corrected chi connectivity index (χ3v) is 3.97. The maximum Gasteiger partial charge on any atom is 0.262 e. The monoisotopic (exact) mass is 270 g/mol. The molecule has 0 aliphatic heterocycles. The van der Waals surface area contributed by atoms with Crippen LogP contribution in [-0.4, -0.2) is 15.3 Å². The van der Waals surface area contributed by atoms with Gasteiger partial charge in [0, 0.05) is 6.04 Å². The molecule has 0 atom stereocenters. The largest absolute Gasteiger partial charge is 0.284 e. The summed E-state index contributed by atoms with van der Waals surface area (Å²) in [6.07, 6.45) is 2.15. The normalized spacial score (nSPS) is 14.2. The summed E-state index contributed by atoms with van der Waals surface area (Å²) < 4.78 is 1.85. The van der Waals surface area contributed by atoms with Crippen molar-refractivity contribution >= 4 is 22.7 Å². The van der Waals surface area contributed by atoms with Crippen LogP contribution >= 0.6 is 11.8 Å². The second-order valence-corrected chi connectivity index (χ2v) is 5.48. The number of thioether (sulfide) groups is 1. The third-order valence-electron chi connectivity index (χ3n) is 3.14. The summed E-state index contributed by atoms with van der Waals surface area (Å²) in [6.45, 7) is 1.82. The Balaban J connectivity index is 2.14. The van der Waals surface area contributed by atoms with Crippen molar-refractivity contribution in [1.29, 1.82) is 0 Å². The molecular formula is C15H14N2OS. The number of para-hydroxylation sites is 1. The minimum atomic E-state index is 0.0834. The molecule has 1 aliphatic carbocycles. The van der Waals surface area contributed by atoms with Gasteiger partial charge >= 0.3 is 0 Å². The lowest BCUT2D eigenvalue weighted by molar-refractivity contribution is 0.618. The van der Waals surface area contributed by atoms with Gasteiger partial charge in [0.1, 0.15) is 0 Å². The van der Waals surface area contributed by atoms with E-state index < -0.39 is 0 Å². The Morgan fingerprint density at radius 2 is 2.21 bits per heavy atom. The van der Waals surface area contributed by atoms with Gasteiger partial charge in [-0.1, -0.05) is 29.8 Å². The molecule has 0 radical (unpaired) electrons. The Hall–Kier alpha value is -1.73. The van der Waals surface area contributed by atoms with E-state index >= 15 is 0 Å². The van der Waals surface area contributed by atoms with Gasteiger partial charge in [0.15, 0.2) is 5.16 Å². The molecule has 19 heavy (non-hydrogen) atoms. The van der Waals surface area contributed by atoms with Gasteiger partial charge in [-0.15, -0.1) is 5.92 Å². The van der Waals surface area contributed by atoms with Crippen LogP contribution in [0.2, 0.25) is 0 Å². The second kappa shape index (κ2) is 5.10. The zero-order valence-electron chi connectivity index (χ0n) is 10.7. The summed E-state index contributed by atoms with van der Waals surface area (Å²) in [5.41, 5.74) is 0.858. The van der Waals surface area contributed by atoms with E-state index in [9.17, 15) is 4.79 Å². The van der Waals surface area contributed by atoms with E-state index in [1.807, 2.05) is 35.8 Å². The maximum absolute atomic E-state index is 12.5. The zero-order valence-corrected chi connectivity index (χ0v) is 11.5. The van der Waals surface area contributed by atoms with Crippen LogP contribution in [-0.2, 0) is 0 Å². The number of hydrogen-bond donors (Lipinski definition) is 0. The van der Waals surface area contributed by atoms with Gasteiger partial charge in [0.05, 0.1) is 16.7 Å². The molecule has 1 heterocycles. The molecule has 4 heteroatoms. The Bertz CT molecular complexity index is 735. The lowest BCUT2D eigenvalue weighted by Crippen LogP contribution is -2.22. The van der Waals surface area contributed by atoms with Crippen LogP contribution < -0.4 is 5.56 Å². The fraction of sp³-hybridized carbons (Fsp3) is 0.333. The van der Waals surface area contributed by atoms with Crippen molar-refractivity contribution in [3.63, 3.8) is 0 Å². The summed E-state index contributed by atoms with van der Waals surface area (Å²) in [6, 6.07) is 7.88. The zero-order chi connectivity index (χ0) is 13.2. The Labute approximate surface area is 116 Å². The number of nitrogens with zero attached hydrogens (tertiary/aromatic N) is 2. The molecule has 96 valence electrons. The van der Waals surface area contributed by atoms with E-state index in [0.29, 0.717) is 17.2 Å². The summed E-state index contributed by atoms with van der Waals surface area (Å²) in [5.74, 6) is 6.55. The topological polar surface area (TPSA) is 34.9 Å². The van der Waals surface area contributed by atoms with Gasteiger partial charge in [0.2, 0.25) is 0 Å². The van der Waals surface area contributed by atoms with Crippen molar-refractivity contribution in [2.75, 3.05) is 5.75 Å². The molecule has 0 spiro atoms. The first-order valence-electron chi connectivity index (χ1n) is 6.35. The lowest BCUT2D eigenvalue weighted by Gasteiger charge is -2.11.